The van der Waals surface area contributed by atoms with Crippen molar-refractivity contribution in [3.8, 4) is 0 Å². The lowest BCUT2D eigenvalue weighted by atomic mass is 10.1. The number of rotatable bonds is 2. The summed E-state index contributed by atoms with van der Waals surface area (Å²) in [6.07, 6.45) is 0. The minimum atomic E-state index is -0.308. The standard InChI is InChI=1S/C11H16ClN3O/c1-11(2,3)15-10(16)9-7(12)5-6-8(13-4)14-9/h5-6H,1-4H3,(H,13,14)(H,15,16). The molecule has 0 spiro atoms. The summed E-state index contributed by atoms with van der Waals surface area (Å²) in [7, 11) is 1.74. The van der Waals surface area contributed by atoms with Gasteiger partial charge in [-0.2, -0.15) is 0 Å². The van der Waals surface area contributed by atoms with E-state index in [1.54, 1.807) is 19.2 Å². The van der Waals surface area contributed by atoms with Gasteiger partial charge in [-0.1, -0.05) is 11.6 Å². The Kier molecular flexibility index (Phi) is 3.75. The molecule has 0 aliphatic rings. The summed E-state index contributed by atoms with van der Waals surface area (Å²) in [5.74, 6) is 0.345. The average molecular weight is 242 g/mol. The van der Waals surface area contributed by atoms with E-state index in [0.29, 0.717) is 10.8 Å². The second kappa shape index (κ2) is 4.70. The highest BCUT2D eigenvalue weighted by Crippen LogP contribution is 2.17. The summed E-state index contributed by atoms with van der Waals surface area (Å²) in [4.78, 5) is 16.0. The zero-order valence-electron chi connectivity index (χ0n) is 9.89. The van der Waals surface area contributed by atoms with Crippen molar-refractivity contribution in [2.24, 2.45) is 0 Å². The second-order valence-corrected chi connectivity index (χ2v) is 4.89. The van der Waals surface area contributed by atoms with Crippen LogP contribution in [0.3, 0.4) is 0 Å². The lowest BCUT2D eigenvalue weighted by Gasteiger charge is -2.20. The van der Waals surface area contributed by atoms with Gasteiger partial charge in [-0.25, -0.2) is 4.98 Å². The van der Waals surface area contributed by atoms with E-state index >= 15 is 0 Å². The van der Waals surface area contributed by atoms with E-state index in [0.717, 1.165) is 0 Å². The van der Waals surface area contributed by atoms with Crippen LogP contribution in [0, 0.1) is 0 Å². The minimum absolute atomic E-state index is 0.239. The van der Waals surface area contributed by atoms with E-state index in [4.69, 9.17) is 11.6 Å². The van der Waals surface area contributed by atoms with E-state index < -0.39 is 0 Å². The first-order valence-corrected chi connectivity index (χ1v) is 5.38. The van der Waals surface area contributed by atoms with E-state index in [9.17, 15) is 4.79 Å². The molecule has 0 aliphatic carbocycles. The van der Waals surface area contributed by atoms with Gasteiger partial charge in [0.05, 0.1) is 5.02 Å². The Morgan fingerprint density at radius 2 is 2.00 bits per heavy atom. The van der Waals surface area contributed by atoms with Crippen LogP contribution in [0.2, 0.25) is 5.02 Å². The van der Waals surface area contributed by atoms with Gasteiger partial charge in [0.2, 0.25) is 0 Å². The van der Waals surface area contributed by atoms with Crippen LogP contribution in [0.25, 0.3) is 0 Å². The molecule has 16 heavy (non-hydrogen) atoms. The number of hydrogen-bond donors (Lipinski definition) is 2. The van der Waals surface area contributed by atoms with Crippen LogP contribution < -0.4 is 10.6 Å². The van der Waals surface area contributed by atoms with Gasteiger partial charge in [0, 0.05) is 12.6 Å². The number of halogens is 1. The predicted molar refractivity (Wildman–Crippen MR) is 66.0 cm³/mol. The number of amides is 1. The molecule has 0 saturated carbocycles. The third-order valence-electron chi connectivity index (χ3n) is 1.81. The van der Waals surface area contributed by atoms with Crippen LogP contribution in [-0.4, -0.2) is 23.5 Å². The smallest absolute Gasteiger partial charge is 0.271 e. The van der Waals surface area contributed by atoms with E-state index in [2.05, 4.69) is 15.6 Å². The van der Waals surface area contributed by atoms with Crippen LogP contribution >= 0.6 is 11.6 Å². The molecule has 2 N–H and O–H groups in total. The van der Waals surface area contributed by atoms with Gasteiger partial charge in [-0.05, 0) is 32.9 Å². The van der Waals surface area contributed by atoms with Crippen molar-refractivity contribution in [3.63, 3.8) is 0 Å². The Labute approximate surface area is 100 Å². The molecular formula is C11H16ClN3O. The number of aromatic nitrogens is 1. The molecule has 0 fully saturated rings. The normalized spacial score (nSPS) is 11.1. The Balaban J connectivity index is 2.98. The van der Waals surface area contributed by atoms with Crippen LogP contribution in [0.1, 0.15) is 31.3 Å². The highest BCUT2D eigenvalue weighted by molar-refractivity contribution is 6.33. The molecule has 0 bridgehead atoms. The molecule has 1 heterocycles. The molecule has 5 heteroatoms. The lowest BCUT2D eigenvalue weighted by molar-refractivity contribution is 0.0914. The Morgan fingerprint density at radius 3 is 2.50 bits per heavy atom. The number of nitrogens with one attached hydrogen (secondary N) is 2. The van der Waals surface area contributed by atoms with Gasteiger partial charge in [-0.3, -0.25) is 4.79 Å². The number of hydrogen-bond acceptors (Lipinski definition) is 3. The summed E-state index contributed by atoms with van der Waals surface area (Å²) in [6, 6.07) is 3.37. The molecule has 88 valence electrons. The maximum atomic E-state index is 11.9. The summed E-state index contributed by atoms with van der Waals surface area (Å²) in [5.41, 5.74) is -0.0685. The summed E-state index contributed by atoms with van der Waals surface area (Å²) in [6.45, 7) is 5.71. The molecule has 0 saturated heterocycles. The minimum Gasteiger partial charge on any atom is -0.373 e. The first kappa shape index (κ1) is 12.8. The van der Waals surface area contributed by atoms with Gasteiger partial charge in [0.15, 0.2) is 0 Å². The third-order valence-corrected chi connectivity index (χ3v) is 2.11. The van der Waals surface area contributed by atoms with Crippen LogP contribution in [0.5, 0.6) is 0 Å². The number of pyridine rings is 1. The first-order valence-electron chi connectivity index (χ1n) is 5.00. The topological polar surface area (TPSA) is 54.0 Å². The highest BCUT2D eigenvalue weighted by atomic mass is 35.5. The van der Waals surface area contributed by atoms with E-state index in [1.165, 1.54) is 0 Å². The molecule has 1 rings (SSSR count). The maximum Gasteiger partial charge on any atom is 0.271 e. The number of anilines is 1. The summed E-state index contributed by atoms with van der Waals surface area (Å²) >= 11 is 5.93. The molecular weight excluding hydrogens is 226 g/mol. The Morgan fingerprint density at radius 1 is 1.38 bits per heavy atom. The average Bonchev–Trinajstić information content (AvgIpc) is 2.15. The van der Waals surface area contributed by atoms with Crippen LogP contribution in [0.15, 0.2) is 12.1 Å². The highest BCUT2D eigenvalue weighted by Gasteiger charge is 2.18. The Bertz CT molecular complexity index is 399. The molecule has 0 unspecified atom stereocenters. The fourth-order valence-corrected chi connectivity index (χ4v) is 1.33. The fourth-order valence-electron chi connectivity index (χ4n) is 1.14. The summed E-state index contributed by atoms with van der Waals surface area (Å²) < 4.78 is 0. The molecule has 1 aromatic rings. The molecule has 4 nitrogen and oxygen atoms in total. The maximum absolute atomic E-state index is 11.9. The van der Waals surface area contributed by atoms with Crippen LogP contribution in [0.4, 0.5) is 5.82 Å². The summed E-state index contributed by atoms with van der Waals surface area (Å²) in [5, 5.41) is 6.02. The molecule has 0 aromatic carbocycles. The fraction of sp³-hybridized carbons (Fsp3) is 0.455. The van der Waals surface area contributed by atoms with Gasteiger partial charge < -0.3 is 10.6 Å². The quantitative estimate of drug-likeness (QED) is 0.836. The monoisotopic (exact) mass is 241 g/mol. The van der Waals surface area contributed by atoms with E-state index in [-0.39, 0.29) is 17.1 Å². The van der Waals surface area contributed by atoms with Crippen molar-refractivity contribution in [2.45, 2.75) is 26.3 Å². The van der Waals surface area contributed by atoms with Gasteiger partial charge >= 0.3 is 0 Å². The molecule has 1 aromatic heterocycles. The first-order chi connectivity index (χ1) is 7.33. The van der Waals surface area contributed by atoms with Crippen molar-refractivity contribution in [2.75, 3.05) is 12.4 Å². The van der Waals surface area contributed by atoms with Crippen molar-refractivity contribution in [1.29, 1.82) is 0 Å². The number of carbonyl (C=O) groups excluding carboxylic acids is 1. The van der Waals surface area contributed by atoms with Gasteiger partial charge in [-0.15, -0.1) is 0 Å². The molecule has 1 amide bonds. The van der Waals surface area contributed by atoms with Crippen molar-refractivity contribution in [1.82, 2.24) is 10.3 Å². The van der Waals surface area contributed by atoms with Crippen molar-refractivity contribution >= 4 is 23.3 Å². The van der Waals surface area contributed by atoms with Crippen LogP contribution in [-0.2, 0) is 0 Å². The van der Waals surface area contributed by atoms with Crippen molar-refractivity contribution < 1.29 is 4.79 Å². The molecule has 0 atom stereocenters. The molecule has 0 radical (unpaired) electrons. The number of carbonyl (C=O) groups is 1. The van der Waals surface area contributed by atoms with Gasteiger partial charge in [0.25, 0.3) is 5.91 Å². The second-order valence-electron chi connectivity index (χ2n) is 4.48. The SMILES string of the molecule is CNc1ccc(Cl)c(C(=O)NC(C)(C)C)n1. The zero-order valence-corrected chi connectivity index (χ0v) is 10.6. The molecule has 0 aliphatic heterocycles. The largest absolute Gasteiger partial charge is 0.373 e. The number of nitrogens with zero attached hydrogens (tertiary/aromatic N) is 1. The third kappa shape index (κ3) is 3.38. The Hall–Kier alpha value is -1.29. The lowest BCUT2D eigenvalue weighted by Crippen LogP contribution is -2.41. The van der Waals surface area contributed by atoms with E-state index in [1.807, 2.05) is 20.8 Å². The van der Waals surface area contributed by atoms with Gasteiger partial charge in [0.1, 0.15) is 11.5 Å². The predicted octanol–water partition coefficient (Wildman–Crippen LogP) is 2.31. The van der Waals surface area contributed by atoms with Crippen molar-refractivity contribution in [3.05, 3.63) is 22.8 Å². The zero-order chi connectivity index (χ0) is 12.3.